The highest BCUT2D eigenvalue weighted by molar-refractivity contribution is 6.12. The molecule has 0 saturated heterocycles. The summed E-state index contributed by atoms with van der Waals surface area (Å²) in [5.74, 6) is -0.272. The highest BCUT2D eigenvalue weighted by Gasteiger charge is 2.44. The second-order valence-electron chi connectivity index (χ2n) is 4.11. The number of carbonyl (C=O) groups excluding carboxylic acids is 3. The van der Waals surface area contributed by atoms with Gasteiger partial charge in [0.2, 0.25) is 0 Å². The van der Waals surface area contributed by atoms with Crippen LogP contribution in [0.25, 0.3) is 0 Å². The molecule has 0 aromatic carbocycles. The van der Waals surface area contributed by atoms with Gasteiger partial charge in [-0.05, 0) is 19.8 Å². The smallest absolute Gasteiger partial charge is 0.305 e. The zero-order valence-corrected chi connectivity index (χ0v) is 9.17. The van der Waals surface area contributed by atoms with Crippen LogP contribution in [-0.4, -0.2) is 24.6 Å². The molecular formula is C11H16O4. The number of rotatable bonds is 4. The number of ketones is 2. The van der Waals surface area contributed by atoms with Gasteiger partial charge in [0.05, 0.1) is 12.5 Å². The molecule has 1 fully saturated rings. The molecule has 0 spiro atoms. The Kier molecular flexibility index (Phi) is 3.61. The Morgan fingerprint density at radius 1 is 1.33 bits per heavy atom. The molecule has 15 heavy (non-hydrogen) atoms. The van der Waals surface area contributed by atoms with Gasteiger partial charge in [0.1, 0.15) is 11.6 Å². The van der Waals surface area contributed by atoms with Gasteiger partial charge >= 0.3 is 5.97 Å². The van der Waals surface area contributed by atoms with E-state index >= 15 is 0 Å². The van der Waals surface area contributed by atoms with E-state index in [1.54, 1.807) is 6.92 Å². The van der Waals surface area contributed by atoms with Crippen LogP contribution in [0.5, 0.6) is 0 Å². The lowest BCUT2D eigenvalue weighted by Crippen LogP contribution is -2.29. The lowest BCUT2D eigenvalue weighted by Gasteiger charge is -2.19. The van der Waals surface area contributed by atoms with Gasteiger partial charge in [0.25, 0.3) is 0 Å². The Morgan fingerprint density at radius 3 is 2.33 bits per heavy atom. The van der Waals surface area contributed by atoms with Crippen molar-refractivity contribution in [3.8, 4) is 0 Å². The third kappa shape index (κ3) is 2.43. The fourth-order valence-corrected chi connectivity index (χ4v) is 1.90. The summed E-state index contributed by atoms with van der Waals surface area (Å²) in [6.45, 7) is 1.68. The lowest BCUT2D eigenvalue weighted by atomic mass is 9.81. The molecule has 0 amide bonds. The quantitative estimate of drug-likeness (QED) is 0.520. The van der Waals surface area contributed by atoms with Gasteiger partial charge in [-0.15, -0.1) is 0 Å². The summed E-state index contributed by atoms with van der Waals surface area (Å²) in [5, 5.41) is 0. The number of carbonyl (C=O) groups is 3. The summed E-state index contributed by atoms with van der Waals surface area (Å²) in [5.41, 5.74) is -0.839. The maximum absolute atomic E-state index is 11.5. The highest BCUT2D eigenvalue weighted by atomic mass is 16.5. The largest absolute Gasteiger partial charge is 0.469 e. The molecule has 0 aliphatic heterocycles. The number of methoxy groups -OCH3 is 1. The number of hydrogen-bond acceptors (Lipinski definition) is 4. The van der Waals surface area contributed by atoms with Crippen molar-refractivity contribution in [1.29, 1.82) is 0 Å². The zero-order valence-electron chi connectivity index (χ0n) is 9.17. The summed E-state index contributed by atoms with van der Waals surface area (Å²) in [4.78, 5) is 33.9. The molecule has 4 nitrogen and oxygen atoms in total. The van der Waals surface area contributed by atoms with Crippen molar-refractivity contribution in [2.75, 3.05) is 7.11 Å². The highest BCUT2D eigenvalue weighted by Crippen LogP contribution is 2.35. The summed E-state index contributed by atoms with van der Waals surface area (Å²) >= 11 is 0. The van der Waals surface area contributed by atoms with Crippen LogP contribution in [0.1, 0.15) is 39.0 Å². The second-order valence-corrected chi connectivity index (χ2v) is 4.11. The number of esters is 1. The predicted molar refractivity (Wildman–Crippen MR) is 53.2 cm³/mol. The molecule has 1 saturated carbocycles. The van der Waals surface area contributed by atoms with Crippen LogP contribution in [-0.2, 0) is 19.1 Å². The molecule has 4 heteroatoms. The topological polar surface area (TPSA) is 60.4 Å². The monoisotopic (exact) mass is 212 g/mol. The van der Waals surface area contributed by atoms with Crippen LogP contribution in [0.3, 0.4) is 0 Å². The van der Waals surface area contributed by atoms with E-state index in [0.717, 1.165) is 0 Å². The Hall–Kier alpha value is -1.19. The average molecular weight is 212 g/mol. The maximum atomic E-state index is 11.5. The van der Waals surface area contributed by atoms with Crippen LogP contribution in [0.4, 0.5) is 0 Å². The summed E-state index contributed by atoms with van der Waals surface area (Å²) in [6.07, 6.45) is 1.97. The molecule has 0 N–H and O–H groups in total. The minimum atomic E-state index is -0.839. The molecule has 0 heterocycles. The fraction of sp³-hybridized carbons (Fsp3) is 0.727. The van der Waals surface area contributed by atoms with Crippen LogP contribution in [0, 0.1) is 5.41 Å². The first-order valence-electron chi connectivity index (χ1n) is 5.14. The van der Waals surface area contributed by atoms with E-state index in [1.165, 1.54) is 7.11 Å². The second kappa shape index (κ2) is 4.55. The van der Waals surface area contributed by atoms with Crippen molar-refractivity contribution in [1.82, 2.24) is 0 Å². The van der Waals surface area contributed by atoms with Crippen molar-refractivity contribution >= 4 is 17.5 Å². The molecule has 0 aromatic rings. The first-order valence-corrected chi connectivity index (χ1v) is 5.14. The Morgan fingerprint density at radius 2 is 1.87 bits per heavy atom. The standard InChI is InChI=1S/C11H16O4/c1-11(7-3-4-10(14)15-2)8(12)5-6-9(11)13/h3-7H2,1-2H3. The number of hydrogen-bond donors (Lipinski definition) is 0. The molecule has 0 radical (unpaired) electrons. The van der Waals surface area contributed by atoms with E-state index in [2.05, 4.69) is 4.74 Å². The van der Waals surface area contributed by atoms with Crippen molar-refractivity contribution in [2.24, 2.45) is 5.41 Å². The minimum Gasteiger partial charge on any atom is -0.469 e. The van der Waals surface area contributed by atoms with Crippen LogP contribution in [0.2, 0.25) is 0 Å². The average Bonchev–Trinajstić information content (AvgIpc) is 2.46. The third-order valence-corrected chi connectivity index (χ3v) is 3.10. The van der Waals surface area contributed by atoms with E-state index < -0.39 is 5.41 Å². The Balaban J connectivity index is 2.46. The Bertz CT molecular complexity index is 277. The summed E-state index contributed by atoms with van der Waals surface area (Å²) in [7, 11) is 1.33. The molecule has 0 aromatic heterocycles. The van der Waals surface area contributed by atoms with Gasteiger partial charge in [0, 0.05) is 19.3 Å². The number of ether oxygens (including phenoxy) is 1. The maximum Gasteiger partial charge on any atom is 0.305 e. The molecule has 0 bridgehead atoms. The first-order chi connectivity index (χ1) is 7.00. The minimum absolute atomic E-state index is 0.0114. The van der Waals surface area contributed by atoms with Crippen molar-refractivity contribution < 1.29 is 19.1 Å². The molecule has 84 valence electrons. The molecule has 1 aliphatic carbocycles. The third-order valence-electron chi connectivity index (χ3n) is 3.10. The zero-order chi connectivity index (χ0) is 11.5. The van der Waals surface area contributed by atoms with Crippen LogP contribution < -0.4 is 0 Å². The van der Waals surface area contributed by atoms with Gasteiger partial charge in [-0.2, -0.15) is 0 Å². The normalized spacial score (nSPS) is 19.3. The summed E-state index contributed by atoms with van der Waals surface area (Å²) < 4.78 is 4.49. The van der Waals surface area contributed by atoms with E-state index in [-0.39, 0.29) is 24.0 Å². The van der Waals surface area contributed by atoms with Crippen LogP contribution in [0.15, 0.2) is 0 Å². The molecule has 1 rings (SSSR count). The lowest BCUT2D eigenvalue weighted by molar-refractivity contribution is -0.142. The van der Waals surface area contributed by atoms with E-state index in [4.69, 9.17) is 0 Å². The Labute approximate surface area is 89.0 Å². The van der Waals surface area contributed by atoms with Gasteiger partial charge in [-0.3, -0.25) is 14.4 Å². The SMILES string of the molecule is COC(=O)CCCC1(C)C(=O)CCC1=O. The molecule has 0 atom stereocenters. The van der Waals surface area contributed by atoms with Crippen molar-refractivity contribution in [3.63, 3.8) is 0 Å². The van der Waals surface area contributed by atoms with Gasteiger partial charge < -0.3 is 4.74 Å². The first kappa shape index (κ1) is 11.9. The van der Waals surface area contributed by atoms with Gasteiger partial charge in [-0.1, -0.05) is 0 Å². The van der Waals surface area contributed by atoms with E-state index in [1.807, 2.05) is 0 Å². The molecule has 0 unspecified atom stereocenters. The van der Waals surface area contributed by atoms with Crippen LogP contribution >= 0.6 is 0 Å². The van der Waals surface area contributed by atoms with E-state index in [9.17, 15) is 14.4 Å². The van der Waals surface area contributed by atoms with Gasteiger partial charge in [0.15, 0.2) is 0 Å². The molecule has 1 aliphatic rings. The van der Waals surface area contributed by atoms with E-state index in [0.29, 0.717) is 25.7 Å². The van der Waals surface area contributed by atoms with Crippen molar-refractivity contribution in [2.45, 2.75) is 39.0 Å². The molecular weight excluding hydrogens is 196 g/mol. The van der Waals surface area contributed by atoms with Crippen molar-refractivity contribution in [3.05, 3.63) is 0 Å². The predicted octanol–water partition coefficient (Wildman–Crippen LogP) is 1.27. The summed E-state index contributed by atoms with van der Waals surface area (Å²) in [6, 6.07) is 0. The number of Topliss-reactive ketones (excluding diaryl/α,β-unsaturated/α-hetero) is 2. The fourth-order valence-electron chi connectivity index (χ4n) is 1.90. The van der Waals surface area contributed by atoms with Gasteiger partial charge in [-0.25, -0.2) is 0 Å².